The van der Waals surface area contributed by atoms with Crippen molar-refractivity contribution in [3.8, 4) is 11.4 Å². The summed E-state index contributed by atoms with van der Waals surface area (Å²) < 4.78 is 1.09. The van der Waals surface area contributed by atoms with Gasteiger partial charge in [-0.2, -0.15) is 0 Å². The lowest BCUT2D eigenvalue weighted by Crippen LogP contribution is -2.07. The maximum atomic E-state index is 4.73. The van der Waals surface area contributed by atoms with E-state index in [4.69, 9.17) is 4.98 Å². The molecule has 19 heavy (non-hydrogen) atoms. The lowest BCUT2D eigenvalue weighted by molar-refractivity contribution is 0.809. The van der Waals surface area contributed by atoms with Crippen LogP contribution in [0.2, 0.25) is 0 Å². The van der Waals surface area contributed by atoms with Crippen molar-refractivity contribution in [2.24, 2.45) is 0 Å². The molecule has 0 spiro atoms. The second-order valence-corrected chi connectivity index (χ2v) is 5.77. The van der Waals surface area contributed by atoms with Gasteiger partial charge in [-0.1, -0.05) is 13.8 Å². The number of rotatable bonds is 3. The summed E-state index contributed by atoms with van der Waals surface area (Å²) in [6.45, 7) is 6.32. The van der Waals surface area contributed by atoms with Crippen molar-refractivity contribution in [2.75, 3.05) is 12.4 Å². The van der Waals surface area contributed by atoms with Crippen LogP contribution in [-0.4, -0.2) is 22.0 Å². The van der Waals surface area contributed by atoms with Crippen LogP contribution in [0.15, 0.2) is 18.5 Å². The predicted octanol–water partition coefficient (Wildman–Crippen LogP) is 3.62. The highest BCUT2D eigenvalue weighted by Gasteiger charge is 2.15. The van der Waals surface area contributed by atoms with Gasteiger partial charge in [0.05, 0.1) is 9.26 Å². The maximum absolute atomic E-state index is 4.73. The average molecular weight is 368 g/mol. The second kappa shape index (κ2) is 5.81. The Balaban J connectivity index is 2.65. The van der Waals surface area contributed by atoms with Gasteiger partial charge in [-0.05, 0) is 47.1 Å². The molecule has 5 heteroatoms. The molecule has 0 saturated heterocycles. The average Bonchev–Trinajstić information content (AvgIpc) is 2.39. The van der Waals surface area contributed by atoms with E-state index in [-0.39, 0.29) is 0 Å². The molecule has 100 valence electrons. The van der Waals surface area contributed by atoms with Crippen LogP contribution in [0.5, 0.6) is 0 Å². The van der Waals surface area contributed by atoms with Crippen molar-refractivity contribution in [2.45, 2.75) is 26.7 Å². The Morgan fingerprint density at radius 2 is 2.00 bits per heavy atom. The number of aromatic nitrogens is 3. The van der Waals surface area contributed by atoms with Crippen LogP contribution >= 0.6 is 22.6 Å². The molecule has 4 nitrogen and oxygen atoms in total. The van der Waals surface area contributed by atoms with Gasteiger partial charge in [0, 0.05) is 25.0 Å². The molecule has 0 saturated carbocycles. The van der Waals surface area contributed by atoms with Crippen LogP contribution in [0.3, 0.4) is 0 Å². The first-order chi connectivity index (χ1) is 9.04. The molecular formula is C14H17IN4. The van der Waals surface area contributed by atoms with Crippen molar-refractivity contribution in [1.82, 2.24) is 15.0 Å². The van der Waals surface area contributed by atoms with E-state index in [9.17, 15) is 0 Å². The van der Waals surface area contributed by atoms with Gasteiger partial charge >= 0.3 is 0 Å². The van der Waals surface area contributed by atoms with Gasteiger partial charge in [-0.15, -0.1) is 0 Å². The molecule has 0 aliphatic rings. The van der Waals surface area contributed by atoms with Crippen molar-refractivity contribution in [3.63, 3.8) is 0 Å². The molecule has 0 atom stereocenters. The van der Waals surface area contributed by atoms with Gasteiger partial charge in [-0.3, -0.25) is 4.98 Å². The summed E-state index contributed by atoms with van der Waals surface area (Å²) in [4.78, 5) is 13.4. The van der Waals surface area contributed by atoms with E-state index in [0.717, 1.165) is 32.0 Å². The van der Waals surface area contributed by atoms with Crippen molar-refractivity contribution in [1.29, 1.82) is 0 Å². The Morgan fingerprint density at radius 1 is 1.26 bits per heavy atom. The smallest absolute Gasteiger partial charge is 0.162 e. The number of nitrogens with one attached hydrogen (secondary N) is 1. The van der Waals surface area contributed by atoms with Crippen molar-refractivity contribution >= 4 is 28.4 Å². The Kier molecular flexibility index (Phi) is 4.34. The highest BCUT2D eigenvalue weighted by Crippen LogP contribution is 2.28. The molecule has 0 aromatic carbocycles. The lowest BCUT2D eigenvalue weighted by atomic mass is 10.1. The summed E-state index contributed by atoms with van der Waals surface area (Å²) in [5.41, 5.74) is 3.19. The summed E-state index contributed by atoms with van der Waals surface area (Å²) >= 11 is 2.30. The Hall–Kier alpha value is -1.24. The molecule has 2 aromatic heterocycles. The third kappa shape index (κ3) is 2.86. The fraction of sp³-hybridized carbons (Fsp3) is 0.357. The van der Waals surface area contributed by atoms with Crippen LogP contribution < -0.4 is 5.32 Å². The van der Waals surface area contributed by atoms with E-state index in [1.54, 1.807) is 6.20 Å². The largest absolute Gasteiger partial charge is 0.372 e. The van der Waals surface area contributed by atoms with E-state index in [2.05, 4.69) is 51.7 Å². The van der Waals surface area contributed by atoms with Crippen LogP contribution in [0, 0.1) is 10.5 Å². The SMILES string of the molecule is CNc1nc(-c2ccncc2C)nc(C(C)C)c1I. The highest BCUT2D eigenvalue weighted by atomic mass is 127. The number of halogens is 1. The number of hydrogen-bond donors (Lipinski definition) is 1. The van der Waals surface area contributed by atoms with Gasteiger partial charge < -0.3 is 5.32 Å². The fourth-order valence-electron chi connectivity index (χ4n) is 1.86. The highest BCUT2D eigenvalue weighted by molar-refractivity contribution is 14.1. The number of hydrogen-bond acceptors (Lipinski definition) is 4. The summed E-state index contributed by atoms with van der Waals surface area (Å²) in [6, 6.07) is 1.96. The van der Waals surface area contributed by atoms with Crippen LogP contribution in [0.4, 0.5) is 5.82 Å². The molecule has 0 radical (unpaired) electrons. The van der Waals surface area contributed by atoms with Gasteiger partial charge in [0.15, 0.2) is 5.82 Å². The van der Waals surface area contributed by atoms with Gasteiger partial charge in [0.2, 0.25) is 0 Å². The normalized spacial score (nSPS) is 10.8. The van der Waals surface area contributed by atoms with E-state index < -0.39 is 0 Å². The summed E-state index contributed by atoms with van der Waals surface area (Å²) in [5.74, 6) is 2.00. The number of aryl methyl sites for hydroxylation is 1. The van der Waals surface area contributed by atoms with Gasteiger partial charge in [0.1, 0.15) is 5.82 Å². The zero-order valence-corrected chi connectivity index (χ0v) is 13.7. The third-order valence-corrected chi connectivity index (χ3v) is 3.99. The fourth-order valence-corrected chi connectivity index (χ4v) is 2.99. The van der Waals surface area contributed by atoms with E-state index >= 15 is 0 Å². The number of pyridine rings is 1. The summed E-state index contributed by atoms with van der Waals surface area (Å²) in [5, 5.41) is 3.15. The molecule has 1 N–H and O–H groups in total. The molecular weight excluding hydrogens is 351 g/mol. The molecule has 2 rings (SSSR count). The zero-order chi connectivity index (χ0) is 14.0. The first-order valence-corrected chi connectivity index (χ1v) is 7.28. The van der Waals surface area contributed by atoms with E-state index in [1.807, 2.05) is 26.2 Å². The third-order valence-electron chi connectivity index (χ3n) is 2.92. The Bertz CT molecular complexity index is 596. The van der Waals surface area contributed by atoms with Crippen LogP contribution in [0.1, 0.15) is 31.0 Å². The molecule has 0 bridgehead atoms. The van der Waals surface area contributed by atoms with Crippen LogP contribution in [0.25, 0.3) is 11.4 Å². The summed E-state index contributed by atoms with van der Waals surface area (Å²) in [6.07, 6.45) is 3.61. The number of anilines is 1. The Morgan fingerprint density at radius 3 is 2.58 bits per heavy atom. The van der Waals surface area contributed by atoms with Gasteiger partial charge in [0.25, 0.3) is 0 Å². The molecule has 0 amide bonds. The molecule has 0 fully saturated rings. The van der Waals surface area contributed by atoms with Crippen molar-refractivity contribution in [3.05, 3.63) is 33.3 Å². The van der Waals surface area contributed by atoms with Crippen molar-refractivity contribution < 1.29 is 0 Å². The quantitative estimate of drug-likeness (QED) is 0.841. The number of nitrogens with zero attached hydrogens (tertiary/aromatic N) is 3. The maximum Gasteiger partial charge on any atom is 0.162 e. The monoisotopic (exact) mass is 368 g/mol. The standard InChI is InChI=1S/C14H17IN4/c1-8(2)12-11(15)14(16-4)19-13(18-12)10-5-6-17-7-9(10)3/h5-8H,1-4H3,(H,16,18,19). The predicted molar refractivity (Wildman–Crippen MR) is 86.4 cm³/mol. The topological polar surface area (TPSA) is 50.7 Å². The first kappa shape index (κ1) is 14.2. The Labute approximate surface area is 127 Å². The van der Waals surface area contributed by atoms with Crippen LogP contribution in [-0.2, 0) is 0 Å². The first-order valence-electron chi connectivity index (χ1n) is 6.20. The van der Waals surface area contributed by atoms with E-state index in [1.165, 1.54) is 0 Å². The minimum Gasteiger partial charge on any atom is -0.372 e. The molecule has 2 heterocycles. The van der Waals surface area contributed by atoms with E-state index in [0.29, 0.717) is 5.92 Å². The second-order valence-electron chi connectivity index (χ2n) is 4.69. The van der Waals surface area contributed by atoms with Gasteiger partial charge in [-0.25, -0.2) is 9.97 Å². The minimum absolute atomic E-state index is 0.364. The molecule has 2 aromatic rings. The minimum atomic E-state index is 0.364. The zero-order valence-electron chi connectivity index (χ0n) is 11.5. The molecule has 0 unspecified atom stereocenters. The lowest BCUT2D eigenvalue weighted by Gasteiger charge is -2.14. The summed E-state index contributed by atoms with van der Waals surface area (Å²) in [7, 11) is 1.89. The molecule has 0 aliphatic heterocycles. The molecule has 0 aliphatic carbocycles.